The number of benzene rings is 1. The van der Waals surface area contributed by atoms with Crippen molar-refractivity contribution in [2.45, 2.75) is 31.5 Å². The van der Waals surface area contributed by atoms with Gasteiger partial charge in [0.1, 0.15) is 5.82 Å². The van der Waals surface area contributed by atoms with E-state index >= 15 is 0 Å². The molecule has 30 heavy (non-hydrogen) atoms. The lowest BCUT2D eigenvalue weighted by molar-refractivity contribution is 0.176. The highest BCUT2D eigenvalue weighted by atomic mass is 35.5. The summed E-state index contributed by atoms with van der Waals surface area (Å²) in [7, 11) is 0. The first-order valence-corrected chi connectivity index (χ1v) is 10.2. The number of hydrogen-bond acceptors (Lipinski definition) is 6. The molecule has 0 saturated carbocycles. The lowest BCUT2D eigenvalue weighted by atomic mass is 10.1. The van der Waals surface area contributed by atoms with Crippen LogP contribution in [0, 0.1) is 5.82 Å². The van der Waals surface area contributed by atoms with Crippen molar-refractivity contribution in [1.82, 2.24) is 20.2 Å². The Hall–Kier alpha value is -2.49. The molecule has 2 unspecified atom stereocenters. The summed E-state index contributed by atoms with van der Waals surface area (Å²) in [4.78, 5) is 23.4. The maximum Gasteiger partial charge on any atom is 0.318 e. The molecule has 2 aliphatic heterocycles. The van der Waals surface area contributed by atoms with E-state index in [9.17, 15) is 14.3 Å². The van der Waals surface area contributed by atoms with E-state index in [1.54, 1.807) is 11.1 Å². The number of halogens is 2. The van der Waals surface area contributed by atoms with Gasteiger partial charge in [0.15, 0.2) is 0 Å². The van der Waals surface area contributed by atoms with Gasteiger partial charge in [0.25, 0.3) is 0 Å². The number of nitrogens with zero attached hydrogens (tertiary/aromatic N) is 3. The van der Waals surface area contributed by atoms with Gasteiger partial charge in [-0.2, -0.15) is 0 Å². The molecule has 2 aromatic rings. The first kappa shape index (κ1) is 20.8. The third-order valence-corrected chi connectivity index (χ3v) is 5.61. The third kappa shape index (κ3) is 4.63. The Labute approximate surface area is 178 Å². The molecular weight excluding hydrogens is 413 g/mol. The van der Waals surface area contributed by atoms with Crippen molar-refractivity contribution >= 4 is 23.6 Å². The van der Waals surface area contributed by atoms with Gasteiger partial charge < -0.3 is 25.4 Å². The van der Waals surface area contributed by atoms with Crippen LogP contribution in [0.25, 0.3) is 0 Å². The monoisotopic (exact) mass is 435 g/mol. The summed E-state index contributed by atoms with van der Waals surface area (Å²) >= 11 is 5.82. The maximum atomic E-state index is 13.4. The van der Waals surface area contributed by atoms with Crippen LogP contribution in [-0.4, -0.2) is 58.4 Å². The van der Waals surface area contributed by atoms with E-state index in [4.69, 9.17) is 16.3 Å². The Kier molecular flexibility index (Phi) is 6.31. The van der Waals surface area contributed by atoms with E-state index in [2.05, 4.69) is 20.6 Å². The van der Waals surface area contributed by atoms with Gasteiger partial charge in [-0.3, -0.25) is 0 Å². The van der Waals surface area contributed by atoms with Gasteiger partial charge in [-0.25, -0.2) is 19.2 Å². The molecule has 2 atom stereocenters. The minimum atomic E-state index is -0.693. The summed E-state index contributed by atoms with van der Waals surface area (Å²) in [5.74, 6) is -0.0231. The normalized spacial score (nSPS) is 19.3. The molecule has 4 rings (SSSR count). The molecule has 3 heterocycles. The Balaban J connectivity index is 1.42. The smallest absolute Gasteiger partial charge is 0.318 e. The molecule has 3 N–H and O–H groups in total. The van der Waals surface area contributed by atoms with Crippen LogP contribution in [-0.2, 0) is 17.7 Å². The second kappa shape index (κ2) is 9.11. The van der Waals surface area contributed by atoms with Crippen molar-refractivity contribution < 1.29 is 19.0 Å². The van der Waals surface area contributed by atoms with Crippen LogP contribution in [0.5, 0.6) is 0 Å². The predicted molar refractivity (Wildman–Crippen MR) is 109 cm³/mol. The summed E-state index contributed by atoms with van der Waals surface area (Å²) in [6, 6.07) is 3.27. The Morgan fingerprint density at radius 1 is 1.47 bits per heavy atom. The molecule has 10 heteroatoms. The minimum absolute atomic E-state index is 0.0588. The van der Waals surface area contributed by atoms with Gasteiger partial charge in [0, 0.05) is 19.3 Å². The Bertz CT molecular complexity index is 925. The summed E-state index contributed by atoms with van der Waals surface area (Å²) in [5.41, 5.74) is 2.33. The highest BCUT2D eigenvalue weighted by Gasteiger charge is 2.25. The first-order valence-electron chi connectivity index (χ1n) is 9.84. The number of urea groups is 1. The van der Waals surface area contributed by atoms with Crippen molar-refractivity contribution in [1.29, 1.82) is 0 Å². The number of nitrogens with one attached hydrogen (secondary N) is 2. The number of carbonyl (C=O) groups is 1. The molecule has 0 radical (unpaired) electrons. The standard InChI is InChI=1S/C20H23ClFN5O3/c21-15-7-12(1-2-16(15)22)18(10-28)26-20(29)27-5-3-13-8-23-19(25-17(13)9-27)24-14-4-6-30-11-14/h1-2,7-8,14,18,28H,3-6,9-11H2,(H,26,29)(H,23,24,25). The molecule has 8 nitrogen and oxygen atoms in total. The van der Waals surface area contributed by atoms with Gasteiger partial charge in [0.05, 0.1) is 42.6 Å². The zero-order valence-electron chi connectivity index (χ0n) is 16.3. The number of amides is 2. The lowest BCUT2D eigenvalue weighted by Gasteiger charge is -2.30. The first-order chi connectivity index (χ1) is 14.5. The number of ether oxygens (including phenoxy) is 1. The summed E-state index contributed by atoms with van der Waals surface area (Å²) in [5, 5.41) is 15.7. The minimum Gasteiger partial charge on any atom is -0.394 e. The number of anilines is 1. The largest absolute Gasteiger partial charge is 0.394 e. The molecule has 0 aliphatic carbocycles. The fourth-order valence-electron chi connectivity index (χ4n) is 3.58. The van der Waals surface area contributed by atoms with Crippen molar-refractivity contribution in [2.75, 3.05) is 31.7 Å². The quantitative estimate of drug-likeness (QED) is 0.666. The maximum absolute atomic E-state index is 13.4. The van der Waals surface area contributed by atoms with Gasteiger partial charge in [-0.1, -0.05) is 17.7 Å². The average molecular weight is 436 g/mol. The number of carbonyl (C=O) groups excluding carboxylic acids is 1. The van der Waals surface area contributed by atoms with E-state index in [0.717, 1.165) is 24.3 Å². The number of aromatic nitrogens is 2. The number of fused-ring (bicyclic) bond motifs is 1. The van der Waals surface area contributed by atoms with Crippen LogP contribution < -0.4 is 10.6 Å². The summed E-state index contributed by atoms with van der Waals surface area (Å²) in [6.07, 6.45) is 3.35. The third-order valence-electron chi connectivity index (χ3n) is 5.32. The van der Waals surface area contributed by atoms with Crippen molar-refractivity contribution in [2.24, 2.45) is 0 Å². The van der Waals surface area contributed by atoms with Crippen molar-refractivity contribution in [3.05, 3.63) is 52.1 Å². The average Bonchev–Trinajstić information content (AvgIpc) is 3.26. The second-order valence-corrected chi connectivity index (χ2v) is 7.81. The summed E-state index contributed by atoms with van der Waals surface area (Å²) < 4.78 is 18.8. The molecule has 1 aromatic carbocycles. The van der Waals surface area contributed by atoms with Crippen LogP contribution in [0.1, 0.15) is 29.3 Å². The summed E-state index contributed by atoms with van der Waals surface area (Å²) in [6.45, 7) is 1.86. The van der Waals surface area contributed by atoms with Crippen LogP contribution in [0.3, 0.4) is 0 Å². The highest BCUT2D eigenvalue weighted by Crippen LogP contribution is 2.23. The molecule has 1 aromatic heterocycles. The van der Waals surface area contributed by atoms with E-state index in [-0.39, 0.29) is 23.7 Å². The van der Waals surface area contributed by atoms with E-state index in [1.807, 2.05) is 0 Å². The molecule has 1 saturated heterocycles. The topological polar surface area (TPSA) is 99.6 Å². The Morgan fingerprint density at radius 2 is 2.33 bits per heavy atom. The van der Waals surface area contributed by atoms with Gasteiger partial charge in [-0.05, 0) is 36.1 Å². The molecule has 160 valence electrons. The SMILES string of the molecule is O=C(NC(CO)c1ccc(F)c(Cl)c1)N1CCc2cnc(NC3CCOC3)nc2C1. The lowest BCUT2D eigenvalue weighted by Crippen LogP contribution is -2.45. The van der Waals surface area contributed by atoms with Crippen LogP contribution in [0.2, 0.25) is 5.02 Å². The molecular formula is C20H23ClFN5O3. The van der Waals surface area contributed by atoms with Crippen LogP contribution in [0.4, 0.5) is 15.1 Å². The molecule has 2 aliphatic rings. The fourth-order valence-corrected chi connectivity index (χ4v) is 3.77. The Morgan fingerprint density at radius 3 is 3.07 bits per heavy atom. The molecule has 1 fully saturated rings. The fraction of sp³-hybridized carbons (Fsp3) is 0.450. The number of aliphatic hydroxyl groups excluding tert-OH is 1. The van der Waals surface area contributed by atoms with E-state index in [0.29, 0.717) is 37.6 Å². The highest BCUT2D eigenvalue weighted by molar-refractivity contribution is 6.30. The second-order valence-electron chi connectivity index (χ2n) is 7.40. The zero-order valence-corrected chi connectivity index (χ0v) is 17.0. The molecule has 0 spiro atoms. The molecule has 0 bridgehead atoms. The number of hydrogen-bond donors (Lipinski definition) is 3. The van der Waals surface area contributed by atoms with Gasteiger partial charge >= 0.3 is 6.03 Å². The van der Waals surface area contributed by atoms with Crippen LogP contribution in [0.15, 0.2) is 24.4 Å². The predicted octanol–water partition coefficient (Wildman–Crippen LogP) is 2.27. The van der Waals surface area contributed by atoms with Gasteiger partial charge in [-0.15, -0.1) is 0 Å². The molecule has 2 amide bonds. The van der Waals surface area contributed by atoms with E-state index < -0.39 is 11.9 Å². The van der Waals surface area contributed by atoms with Crippen molar-refractivity contribution in [3.8, 4) is 0 Å². The van der Waals surface area contributed by atoms with Gasteiger partial charge in [0.2, 0.25) is 5.95 Å². The van der Waals surface area contributed by atoms with Crippen LogP contribution >= 0.6 is 11.6 Å². The zero-order chi connectivity index (χ0) is 21.1. The number of aliphatic hydroxyl groups is 1. The van der Waals surface area contributed by atoms with Crippen molar-refractivity contribution in [3.63, 3.8) is 0 Å². The number of rotatable bonds is 5. The van der Waals surface area contributed by atoms with E-state index in [1.165, 1.54) is 18.2 Å².